The first-order valence-electron chi connectivity index (χ1n) is 18.7. The van der Waals surface area contributed by atoms with E-state index >= 15 is 0 Å². The molecule has 0 radical (unpaired) electrons. The first-order valence-corrected chi connectivity index (χ1v) is 18.7. The van der Waals surface area contributed by atoms with Crippen molar-refractivity contribution in [2.45, 2.75) is 32.1 Å². The quantitative estimate of drug-likeness (QED) is 0.177. The summed E-state index contributed by atoms with van der Waals surface area (Å²) >= 11 is 0. The Morgan fingerprint density at radius 1 is 0.352 bits per heavy atom. The van der Waals surface area contributed by atoms with E-state index in [9.17, 15) is 0 Å². The van der Waals surface area contributed by atoms with E-state index in [-0.39, 0.29) is 14.3 Å². The molecule has 260 valence electrons. The van der Waals surface area contributed by atoms with Crippen LogP contribution in [0.15, 0.2) is 188 Å². The molecule has 0 heterocycles. The van der Waals surface area contributed by atoms with Crippen molar-refractivity contribution in [3.63, 3.8) is 0 Å². The van der Waals surface area contributed by atoms with E-state index in [0.29, 0.717) is 0 Å². The van der Waals surface area contributed by atoms with Crippen molar-refractivity contribution in [1.82, 2.24) is 0 Å². The third-order valence-corrected chi connectivity index (χ3v) is 12.3. The van der Waals surface area contributed by atoms with Gasteiger partial charge in [-0.2, -0.15) is 0 Å². The molecule has 0 saturated carbocycles. The molecule has 1 spiro atoms. The Hall–Kier alpha value is -6.44. The maximum Gasteiger partial charge on any atom is 0.0726 e. The van der Waals surface area contributed by atoms with Crippen molar-refractivity contribution < 1.29 is 1.43 Å². The number of benzene rings is 8. The number of hydrogen-bond donors (Lipinski definition) is 0. The Bertz CT molecular complexity index is 2710. The third-order valence-electron chi connectivity index (χ3n) is 12.3. The molecule has 3 aliphatic carbocycles. The van der Waals surface area contributed by atoms with Crippen LogP contribution in [0.25, 0.3) is 44.5 Å². The first kappa shape index (κ1) is 32.2. The highest BCUT2D eigenvalue weighted by molar-refractivity contribution is 5.97. The third kappa shape index (κ3) is 4.21. The average molecular weight is 694 g/mol. The van der Waals surface area contributed by atoms with Gasteiger partial charge in [0.2, 0.25) is 0 Å². The zero-order chi connectivity index (χ0) is 35.3. The molecule has 0 N–H and O–H groups in total. The van der Waals surface area contributed by atoms with E-state index in [4.69, 9.17) is 0 Å². The van der Waals surface area contributed by atoms with E-state index < -0.39 is 5.41 Å². The largest absolute Gasteiger partial charge is 0.310 e. The lowest BCUT2D eigenvalue weighted by atomic mass is 9.70. The molecule has 8 aromatic carbocycles. The van der Waals surface area contributed by atoms with Gasteiger partial charge < -0.3 is 4.90 Å². The molecular formula is C53H43N. The molecule has 0 amide bonds. The van der Waals surface area contributed by atoms with Crippen LogP contribution in [0.1, 0.15) is 56.1 Å². The molecule has 0 aromatic heterocycles. The van der Waals surface area contributed by atoms with Crippen LogP contribution in [-0.2, 0) is 10.8 Å². The number of hydrogen-bond acceptors (Lipinski definition) is 1. The van der Waals surface area contributed by atoms with Crippen LogP contribution in [0, 0.1) is 0 Å². The minimum atomic E-state index is -0.415. The molecule has 0 atom stereocenters. The van der Waals surface area contributed by atoms with Crippen molar-refractivity contribution >= 4 is 17.1 Å². The fraction of sp³-hybridized carbons (Fsp3) is 0.0943. The molecule has 11 rings (SSSR count). The van der Waals surface area contributed by atoms with Crippen molar-refractivity contribution in [3.05, 3.63) is 221 Å². The Balaban J connectivity index is 0.00000198. The second-order valence-corrected chi connectivity index (χ2v) is 15.2. The lowest BCUT2D eigenvalue weighted by Gasteiger charge is -2.33. The van der Waals surface area contributed by atoms with Crippen LogP contribution in [0.3, 0.4) is 0 Å². The van der Waals surface area contributed by atoms with Crippen LogP contribution in [0.2, 0.25) is 0 Å². The molecular weight excluding hydrogens is 651 g/mol. The monoisotopic (exact) mass is 693 g/mol. The number of fused-ring (bicyclic) bond motifs is 13. The molecule has 1 nitrogen and oxygen atoms in total. The summed E-state index contributed by atoms with van der Waals surface area (Å²) in [4.78, 5) is 2.51. The second-order valence-electron chi connectivity index (χ2n) is 15.2. The van der Waals surface area contributed by atoms with Gasteiger partial charge in [0.1, 0.15) is 0 Å². The normalized spacial score (nSPS) is 14.3. The summed E-state index contributed by atoms with van der Waals surface area (Å²) in [6.07, 6.45) is 0. The van der Waals surface area contributed by atoms with Gasteiger partial charge in [0, 0.05) is 23.8 Å². The van der Waals surface area contributed by atoms with E-state index in [0.717, 1.165) is 17.1 Å². The van der Waals surface area contributed by atoms with Gasteiger partial charge in [-0.15, -0.1) is 0 Å². The Kier molecular flexibility index (Phi) is 7.03. The molecule has 0 unspecified atom stereocenters. The van der Waals surface area contributed by atoms with Crippen LogP contribution in [0.5, 0.6) is 0 Å². The summed E-state index contributed by atoms with van der Waals surface area (Å²) in [5.41, 5.74) is 21.4. The van der Waals surface area contributed by atoms with Crippen molar-refractivity contribution in [2.24, 2.45) is 0 Å². The summed E-state index contributed by atoms with van der Waals surface area (Å²) in [5, 5.41) is 0. The van der Waals surface area contributed by atoms with E-state index in [1.807, 2.05) is 0 Å². The van der Waals surface area contributed by atoms with E-state index in [1.54, 1.807) is 0 Å². The standard InChI is InChI=1S/C52H37N.CH4.H2/c1-51(2)44-23-11-6-19-38(44)42-30-28-35(32-48(42)51)53(50-27-15-10-18-37(50)34-16-4-3-5-17-34)36-29-31-43-41-22-9-14-26-47(41)52(49(43)33-36)45-24-12-7-20-39(45)40-21-8-13-25-46(40)52;;/h3-33H,1-2H3;1H4;1H. The SMILES string of the molecule is C.CC1(C)c2ccccc2-c2ccc(N(c3ccc4c(c3)C3(c5ccccc5-c5ccccc53)c3ccccc3-4)c3ccccc3-c3ccccc3)cc21.[HH]. The molecule has 0 bridgehead atoms. The van der Waals surface area contributed by atoms with E-state index in [1.165, 1.54) is 77.9 Å². The highest BCUT2D eigenvalue weighted by Crippen LogP contribution is 2.63. The van der Waals surface area contributed by atoms with Crippen molar-refractivity contribution in [1.29, 1.82) is 0 Å². The molecule has 1 heteroatoms. The second kappa shape index (κ2) is 11.8. The zero-order valence-corrected chi connectivity index (χ0v) is 29.8. The summed E-state index contributed by atoms with van der Waals surface area (Å²) in [7, 11) is 0. The first-order chi connectivity index (χ1) is 26.1. The summed E-state index contributed by atoms with van der Waals surface area (Å²) in [5.74, 6) is 0. The molecule has 0 saturated heterocycles. The van der Waals surface area contributed by atoms with Crippen LogP contribution in [-0.4, -0.2) is 0 Å². The molecule has 0 aliphatic heterocycles. The average Bonchev–Trinajstić information content (AvgIpc) is 3.77. The van der Waals surface area contributed by atoms with Crippen LogP contribution >= 0.6 is 0 Å². The van der Waals surface area contributed by atoms with E-state index in [2.05, 4.69) is 207 Å². The van der Waals surface area contributed by atoms with Crippen molar-refractivity contribution in [2.75, 3.05) is 4.90 Å². The van der Waals surface area contributed by atoms with Gasteiger partial charge in [-0.3, -0.25) is 0 Å². The minimum absolute atomic E-state index is 0. The Morgan fingerprint density at radius 3 is 1.30 bits per heavy atom. The Morgan fingerprint density at radius 2 is 0.741 bits per heavy atom. The summed E-state index contributed by atoms with van der Waals surface area (Å²) in [6.45, 7) is 4.74. The topological polar surface area (TPSA) is 3.24 Å². The molecule has 3 aliphatic rings. The van der Waals surface area contributed by atoms with Gasteiger partial charge in [-0.25, -0.2) is 0 Å². The molecule has 0 fully saturated rings. The maximum absolute atomic E-state index is 2.51. The minimum Gasteiger partial charge on any atom is -0.310 e. The highest BCUT2D eigenvalue weighted by atomic mass is 15.1. The van der Waals surface area contributed by atoms with Gasteiger partial charge >= 0.3 is 0 Å². The number of nitrogens with zero attached hydrogens (tertiary/aromatic N) is 1. The van der Waals surface area contributed by atoms with Gasteiger partial charge in [0.15, 0.2) is 0 Å². The summed E-state index contributed by atoms with van der Waals surface area (Å²) in [6, 6.07) is 70.2. The lowest BCUT2D eigenvalue weighted by molar-refractivity contribution is 0.660. The fourth-order valence-corrected chi connectivity index (χ4v) is 10.0. The van der Waals surface area contributed by atoms with Gasteiger partial charge in [0.05, 0.1) is 11.1 Å². The lowest BCUT2D eigenvalue weighted by Crippen LogP contribution is -2.26. The van der Waals surface area contributed by atoms with Gasteiger partial charge in [0.25, 0.3) is 0 Å². The molecule has 54 heavy (non-hydrogen) atoms. The van der Waals surface area contributed by atoms with Crippen LogP contribution < -0.4 is 4.90 Å². The zero-order valence-electron chi connectivity index (χ0n) is 29.8. The van der Waals surface area contributed by atoms with Crippen molar-refractivity contribution in [3.8, 4) is 44.5 Å². The number of anilines is 3. The number of para-hydroxylation sites is 1. The maximum atomic E-state index is 2.51. The fourth-order valence-electron chi connectivity index (χ4n) is 10.0. The smallest absolute Gasteiger partial charge is 0.0726 e. The predicted octanol–water partition coefficient (Wildman–Crippen LogP) is 14.4. The van der Waals surface area contributed by atoms with Gasteiger partial charge in [-0.05, 0) is 103 Å². The van der Waals surface area contributed by atoms with Gasteiger partial charge in [-0.1, -0.05) is 179 Å². The number of rotatable bonds is 4. The molecule has 8 aromatic rings. The highest BCUT2D eigenvalue weighted by Gasteiger charge is 2.51. The predicted molar refractivity (Wildman–Crippen MR) is 229 cm³/mol. The van der Waals surface area contributed by atoms with Crippen LogP contribution in [0.4, 0.5) is 17.1 Å². The Labute approximate surface area is 320 Å². The summed E-state index contributed by atoms with van der Waals surface area (Å²) < 4.78 is 0.